The molecule has 26 heavy (non-hydrogen) atoms. The van der Waals surface area contributed by atoms with Gasteiger partial charge < -0.3 is 19.9 Å². The van der Waals surface area contributed by atoms with E-state index in [4.69, 9.17) is 14.6 Å². The number of nitrogens with one attached hydrogen (secondary N) is 1. The summed E-state index contributed by atoms with van der Waals surface area (Å²) >= 11 is 0. The highest BCUT2D eigenvalue weighted by Gasteiger charge is 2.35. The number of aromatic nitrogens is 1. The van der Waals surface area contributed by atoms with Crippen LogP contribution in [0.5, 0.6) is 0 Å². The predicted molar refractivity (Wildman–Crippen MR) is 91.4 cm³/mol. The smallest absolute Gasteiger partial charge is 0.410 e. The molecule has 1 aromatic rings. The van der Waals surface area contributed by atoms with Crippen LogP contribution < -0.4 is 5.32 Å². The fraction of sp³-hybridized carbons (Fsp3) is 0.556. The molecule has 1 aliphatic rings. The van der Waals surface area contributed by atoms with Crippen LogP contribution in [0.3, 0.4) is 0 Å². The summed E-state index contributed by atoms with van der Waals surface area (Å²) in [5, 5.41) is 11.8. The molecule has 8 heteroatoms. The van der Waals surface area contributed by atoms with Crippen LogP contribution in [-0.4, -0.2) is 41.0 Å². The van der Waals surface area contributed by atoms with Gasteiger partial charge >= 0.3 is 18.0 Å². The number of alkyl carbamates (subject to hydrolysis) is 1. The van der Waals surface area contributed by atoms with Gasteiger partial charge in [0.05, 0.1) is 12.0 Å². The van der Waals surface area contributed by atoms with Gasteiger partial charge in [-0.3, -0.25) is 9.78 Å². The third kappa shape index (κ3) is 6.02. The molecule has 0 aromatic carbocycles. The SMILES string of the molecule is CC(OC(=O)NCC1(CC(=O)O)CCCCC1)OC(=O)c1cccnc1. The summed E-state index contributed by atoms with van der Waals surface area (Å²) in [5.74, 6) is -1.52. The Balaban J connectivity index is 1.81. The van der Waals surface area contributed by atoms with E-state index < -0.39 is 29.7 Å². The van der Waals surface area contributed by atoms with Crippen LogP contribution in [-0.2, 0) is 14.3 Å². The minimum absolute atomic E-state index is 0.0127. The van der Waals surface area contributed by atoms with Crippen LogP contribution in [0, 0.1) is 5.41 Å². The quantitative estimate of drug-likeness (QED) is 0.564. The molecular weight excluding hydrogens is 340 g/mol. The molecule has 0 radical (unpaired) electrons. The van der Waals surface area contributed by atoms with Gasteiger partial charge in [-0.05, 0) is 30.4 Å². The highest BCUT2D eigenvalue weighted by Crippen LogP contribution is 2.38. The van der Waals surface area contributed by atoms with Crippen molar-refractivity contribution in [2.24, 2.45) is 5.41 Å². The molecule has 1 saturated carbocycles. The summed E-state index contributed by atoms with van der Waals surface area (Å²) in [6.45, 7) is 1.66. The Kier molecular flexibility index (Phi) is 6.94. The molecule has 1 atom stereocenters. The first kappa shape index (κ1) is 19.7. The van der Waals surface area contributed by atoms with Crippen LogP contribution in [0.25, 0.3) is 0 Å². The molecular formula is C18H24N2O6. The molecule has 1 aliphatic carbocycles. The van der Waals surface area contributed by atoms with E-state index in [1.165, 1.54) is 19.3 Å². The van der Waals surface area contributed by atoms with Crippen LogP contribution in [0.2, 0.25) is 0 Å². The second kappa shape index (κ2) is 9.17. The van der Waals surface area contributed by atoms with Crippen molar-refractivity contribution >= 4 is 18.0 Å². The third-order valence-corrected chi connectivity index (χ3v) is 4.49. The van der Waals surface area contributed by atoms with E-state index >= 15 is 0 Å². The Hall–Kier alpha value is -2.64. The van der Waals surface area contributed by atoms with Crippen molar-refractivity contribution in [3.63, 3.8) is 0 Å². The van der Waals surface area contributed by atoms with E-state index in [-0.39, 0.29) is 18.5 Å². The van der Waals surface area contributed by atoms with E-state index in [0.717, 1.165) is 32.1 Å². The average Bonchev–Trinajstić information content (AvgIpc) is 2.61. The van der Waals surface area contributed by atoms with Gasteiger partial charge in [-0.25, -0.2) is 9.59 Å². The van der Waals surface area contributed by atoms with Crippen LogP contribution in [0.1, 0.15) is 55.8 Å². The van der Waals surface area contributed by atoms with E-state index in [9.17, 15) is 14.4 Å². The number of carbonyl (C=O) groups is 3. The van der Waals surface area contributed by atoms with Gasteiger partial charge in [0.15, 0.2) is 0 Å². The van der Waals surface area contributed by atoms with Gasteiger partial charge in [0.25, 0.3) is 0 Å². The maximum absolute atomic E-state index is 12.0. The van der Waals surface area contributed by atoms with Crippen molar-refractivity contribution < 1.29 is 29.0 Å². The number of carboxylic acids is 1. The number of aliphatic carboxylic acids is 1. The van der Waals surface area contributed by atoms with Gasteiger partial charge in [0, 0.05) is 25.9 Å². The molecule has 0 spiro atoms. The second-order valence-corrected chi connectivity index (χ2v) is 6.60. The van der Waals surface area contributed by atoms with E-state index in [1.54, 1.807) is 12.1 Å². The Morgan fingerprint density at radius 3 is 2.62 bits per heavy atom. The summed E-state index contributed by atoms with van der Waals surface area (Å²) in [5.41, 5.74) is -0.190. The topological polar surface area (TPSA) is 115 Å². The molecule has 1 aromatic heterocycles. The van der Waals surface area contributed by atoms with E-state index in [0.29, 0.717) is 0 Å². The number of hydrogen-bond acceptors (Lipinski definition) is 6. The van der Waals surface area contributed by atoms with E-state index in [1.807, 2.05) is 0 Å². The lowest BCUT2D eigenvalue weighted by molar-refractivity contribution is -0.140. The van der Waals surface area contributed by atoms with Crippen LogP contribution in [0.15, 0.2) is 24.5 Å². The number of carboxylic acid groups (broad SMARTS) is 1. The van der Waals surface area contributed by atoms with Crippen LogP contribution >= 0.6 is 0 Å². The fourth-order valence-corrected chi connectivity index (χ4v) is 3.22. The highest BCUT2D eigenvalue weighted by molar-refractivity contribution is 5.89. The highest BCUT2D eigenvalue weighted by atomic mass is 16.7. The van der Waals surface area contributed by atoms with Gasteiger partial charge in [0.2, 0.25) is 6.29 Å². The predicted octanol–water partition coefficient (Wildman–Crippen LogP) is 2.74. The number of amides is 1. The molecule has 1 unspecified atom stereocenters. The van der Waals surface area contributed by atoms with Crippen molar-refractivity contribution in [3.8, 4) is 0 Å². The van der Waals surface area contributed by atoms with Crippen molar-refractivity contribution in [1.82, 2.24) is 10.3 Å². The maximum atomic E-state index is 12.0. The van der Waals surface area contributed by atoms with Crippen molar-refractivity contribution in [2.75, 3.05) is 6.54 Å². The van der Waals surface area contributed by atoms with Crippen molar-refractivity contribution in [1.29, 1.82) is 0 Å². The Labute approximate surface area is 151 Å². The standard InChI is InChI=1S/C18H24N2O6/c1-13(25-16(23)14-6-5-9-19-11-14)26-17(24)20-12-18(10-15(21)22)7-3-2-4-8-18/h5-6,9,11,13H,2-4,7-8,10,12H2,1H3,(H,20,24)(H,21,22). The number of esters is 1. The van der Waals surface area contributed by atoms with Crippen LogP contribution in [0.4, 0.5) is 4.79 Å². The average molecular weight is 364 g/mol. The fourth-order valence-electron chi connectivity index (χ4n) is 3.22. The molecule has 0 saturated heterocycles. The first-order valence-corrected chi connectivity index (χ1v) is 8.67. The first-order valence-electron chi connectivity index (χ1n) is 8.67. The summed E-state index contributed by atoms with van der Waals surface area (Å²) in [6, 6.07) is 3.14. The summed E-state index contributed by atoms with van der Waals surface area (Å²) in [4.78, 5) is 38.8. The Morgan fingerprint density at radius 2 is 2.00 bits per heavy atom. The Morgan fingerprint density at radius 1 is 1.27 bits per heavy atom. The molecule has 0 bridgehead atoms. The minimum Gasteiger partial charge on any atom is -0.481 e. The van der Waals surface area contributed by atoms with Crippen molar-refractivity contribution in [3.05, 3.63) is 30.1 Å². The molecule has 0 aliphatic heterocycles. The zero-order valence-corrected chi connectivity index (χ0v) is 14.8. The lowest BCUT2D eigenvalue weighted by Gasteiger charge is -2.36. The zero-order chi connectivity index (χ0) is 19.0. The van der Waals surface area contributed by atoms with Crippen molar-refractivity contribution in [2.45, 2.75) is 51.7 Å². The first-order chi connectivity index (χ1) is 12.4. The maximum Gasteiger partial charge on any atom is 0.410 e. The number of hydrogen-bond donors (Lipinski definition) is 2. The number of nitrogens with zero attached hydrogens (tertiary/aromatic N) is 1. The van der Waals surface area contributed by atoms with Gasteiger partial charge in [-0.15, -0.1) is 0 Å². The minimum atomic E-state index is -1.08. The Bertz CT molecular complexity index is 628. The molecule has 2 N–H and O–H groups in total. The normalized spacial score (nSPS) is 17.0. The molecule has 8 nitrogen and oxygen atoms in total. The largest absolute Gasteiger partial charge is 0.481 e. The molecule has 2 rings (SSSR count). The number of ether oxygens (including phenoxy) is 2. The van der Waals surface area contributed by atoms with Gasteiger partial charge in [-0.2, -0.15) is 0 Å². The number of carbonyl (C=O) groups excluding carboxylic acids is 2. The lowest BCUT2D eigenvalue weighted by Crippen LogP contribution is -2.41. The molecule has 142 valence electrons. The molecule has 1 fully saturated rings. The van der Waals surface area contributed by atoms with E-state index in [2.05, 4.69) is 10.3 Å². The summed E-state index contributed by atoms with van der Waals surface area (Å²) in [6.07, 6.45) is 5.56. The number of rotatable bonds is 7. The third-order valence-electron chi connectivity index (χ3n) is 4.49. The second-order valence-electron chi connectivity index (χ2n) is 6.60. The zero-order valence-electron chi connectivity index (χ0n) is 14.8. The molecule has 1 amide bonds. The summed E-state index contributed by atoms with van der Waals surface area (Å²) in [7, 11) is 0. The van der Waals surface area contributed by atoms with Gasteiger partial charge in [0.1, 0.15) is 0 Å². The van der Waals surface area contributed by atoms with Gasteiger partial charge in [-0.1, -0.05) is 19.3 Å². The number of pyridine rings is 1. The monoisotopic (exact) mass is 364 g/mol. The molecule has 1 heterocycles. The lowest BCUT2D eigenvalue weighted by atomic mass is 9.72. The summed E-state index contributed by atoms with van der Waals surface area (Å²) < 4.78 is 10.1.